The van der Waals surface area contributed by atoms with Crippen molar-refractivity contribution in [3.63, 3.8) is 0 Å². The lowest BCUT2D eigenvalue weighted by Gasteiger charge is -2.24. The van der Waals surface area contributed by atoms with E-state index >= 15 is 0 Å². The number of rotatable bonds is 2. The van der Waals surface area contributed by atoms with Gasteiger partial charge >= 0.3 is 0 Å². The Morgan fingerprint density at radius 1 is 1.38 bits per heavy atom. The third kappa shape index (κ3) is 3.22. The summed E-state index contributed by atoms with van der Waals surface area (Å²) < 4.78 is 23.9. The van der Waals surface area contributed by atoms with Gasteiger partial charge in [0, 0.05) is 16.2 Å². The van der Waals surface area contributed by atoms with Crippen LogP contribution in [0.1, 0.15) is 12.8 Å². The highest BCUT2D eigenvalue weighted by molar-refractivity contribution is 9.10. The van der Waals surface area contributed by atoms with Crippen LogP contribution in [0.3, 0.4) is 0 Å². The third-order valence-electron chi connectivity index (χ3n) is 2.66. The molecule has 2 rings (SSSR count). The van der Waals surface area contributed by atoms with Crippen molar-refractivity contribution in [2.24, 2.45) is 0 Å². The van der Waals surface area contributed by atoms with E-state index in [1.165, 1.54) is 0 Å². The lowest BCUT2D eigenvalue weighted by Crippen LogP contribution is -2.34. The number of anilines is 1. The van der Waals surface area contributed by atoms with Crippen LogP contribution in [0.4, 0.5) is 5.69 Å². The van der Waals surface area contributed by atoms with E-state index in [9.17, 15) is 8.42 Å². The summed E-state index contributed by atoms with van der Waals surface area (Å²) in [5, 5.41) is 3.27. The van der Waals surface area contributed by atoms with E-state index in [-0.39, 0.29) is 11.8 Å². The second-order valence-electron chi connectivity index (χ2n) is 4.11. The Morgan fingerprint density at radius 2 is 2.19 bits per heavy atom. The number of halogens is 1. The Balaban J connectivity index is 2.05. The van der Waals surface area contributed by atoms with Gasteiger partial charge < -0.3 is 5.32 Å². The Hall–Kier alpha value is -0.550. The van der Waals surface area contributed by atoms with Crippen molar-refractivity contribution in [3.8, 4) is 0 Å². The molecular formula is C11H14BrNO2S. The maximum atomic E-state index is 11.5. The van der Waals surface area contributed by atoms with Crippen molar-refractivity contribution in [1.29, 1.82) is 0 Å². The van der Waals surface area contributed by atoms with Crippen molar-refractivity contribution in [2.75, 3.05) is 16.8 Å². The topological polar surface area (TPSA) is 46.2 Å². The standard InChI is InChI=1S/C11H14BrNO2S/c12-9-3-1-4-10(7-9)13-11-5-2-6-16(14,15)8-11/h1,3-4,7,11,13H,2,5-6,8H2. The Bertz CT molecular complexity index is 473. The SMILES string of the molecule is O=S1(=O)CCCC(Nc2cccc(Br)c2)C1. The summed E-state index contributed by atoms with van der Waals surface area (Å²) in [5.74, 6) is 0.586. The highest BCUT2D eigenvalue weighted by Gasteiger charge is 2.24. The number of sulfone groups is 1. The summed E-state index contributed by atoms with van der Waals surface area (Å²) in [6, 6.07) is 7.84. The van der Waals surface area contributed by atoms with Crippen LogP contribution in [-0.4, -0.2) is 26.0 Å². The first-order chi connectivity index (χ1) is 7.55. The molecule has 16 heavy (non-hydrogen) atoms. The van der Waals surface area contributed by atoms with Gasteiger partial charge in [0.05, 0.1) is 11.5 Å². The fourth-order valence-corrected chi connectivity index (χ4v) is 3.99. The van der Waals surface area contributed by atoms with Gasteiger partial charge in [-0.05, 0) is 31.0 Å². The van der Waals surface area contributed by atoms with E-state index in [4.69, 9.17) is 0 Å². The first kappa shape index (κ1) is 11.9. The van der Waals surface area contributed by atoms with Gasteiger partial charge in [0.2, 0.25) is 0 Å². The summed E-state index contributed by atoms with van der Waals surface area (Å²) in [6.07, 6.45) is 1.68. The van der Waals surface area contributed by atoms with E-state index < -0.39 is 9.84 Å². The molecule has 0 radical (unpaired) electrons. The van der Waals surface area contributed by atoms with Crippen LogP contribution in [0, 0.1) is 0 Å². The minimum atomic E-state index is -2.84. The second-order valence-corrected chi connectivity index (χ2v) is 7.25. The maximum Gasteiger partial charge on any atom is 0.152 e. The van der Waals surface area contributed by atoms with E-state index in [0.717, 1.165) is 23.0 Å². The molecule has 1 aromatic rings. The molecule has 0 spiro atoms. The zero-order valence-corrected chi connectivity index (χ0v) is 11.2. The molecule has 88 valence electrons. The lowest BCUT2D eigenvalue weighted by molar-refractivity contribution is 0.562. The molecule has 0 bridgehead atoms. The third-order valence-corrected chi connectivity index (χ3v) is 4.97. The molecule has 0 amide bonds. The number of hydrogen-bond donors (Lipinski definition) is 1. The molecule has 0 saturated carbocycles. The van der Waals surface area contributed by atoms with Gasteiger partial charge in [0.15, 0.2) is 9.84 Å². The van der Waals surface area contributed by atoms with E-state index in [1.54, 1.807) is 0 Å². The van der Waals surface area contributed by atoms with Gasteiger partial charge in [-0.2, -0.15) is 0 Å². The average Bonchev–Trinajstić information content (AvgIpc) is 2.15. The number of benzene rings is 1. The molecule has 1 aromatic carbocycles. The molecule has 1 aliphatic rings. The monoisotopic (exact) mass is 303 g/mol. The van der Waals surface area contributed by atoms with Crippen LogP contribution in [0.5, 0.6) is 0 Å². The minimum Gasteiger partial charge on any atom is -0.381 e. The Labute approximate surface area is 104 Å². The van der Waals surface area contributed by atoms with E-state index in [1.807, 2.05) is 24.3 Å². The van der Waals surface area contributed by atoms with Gasteiger partial charge in [0.25, 0.3) is 0 Å². The van der Waals surface area contributed by atoms with Gasteiger partial charge in [-0.15, -0.1) is 0 Å². The second kappa shape index (κ2) is 4.75. The molecule has 1 aliphatic heterocycles. The molecule has 3 nitrogen and oxygen atoms in total. The van der Waals surface area contributed by atoms with Crippen molar-refractivity contribution < 1.29 is 8.42 Å². The Kier molecular flexibility index (Phi) is 3.54. The van der Waals surface area contributed by atoms with Gasteiger partial charge in [0.1, 0.15) is 0 Å². The predicted molar refractivity (Wildman–Crippen MR) is 69.4 cm³/mol. The van der Waals surface area contributed by atoms with Crippen molar-refractivity contribution in [3.05, 3.63) is 28.7 Å². The van der Waals surface area contributed by atoms with Crippen molar-refractivity contribution in [1.82, 2.24) is 0 Å². The first-order valence-electron chi connectivity index (χ1n) is 5.28. The highest BCUT2D eigenvalue weighted by atomic mass is 79.9. The minimum absolute atomic E-state index is 0.0491. The van der Waals surface area contributed by atoms with Crippen LogP contribution in [-0.2, 0) is 9.84 Å². The quantitative estimate of drug-likeness (QED) is 0.913. The molecule has 1 N–H and O–H groups in total. The summed E-state index contributed by atoms with van der Waals surface area (Å²) >= 11 is 3.39. The van der Waals surface area contributed by atoms with Crippen molar-refractivity contribution >= 4 is 31.5 Å². The number of hydrogen-bond acceptors (Lipinski definition) is 3. The maximum absolute atomic E-state index is 11.5. The molecule has 1 atom stereocenters. The summed E-state index contributed by atoms with van der Waals surface area (Å²) in [4.78, 5) is 0. The van der Waals surface area contributed by atoms with Crippen LogP contribution in [0.25, 0.3) is 0 Å². The molecule has 1 saturated heterocycles. The smallest absolute Gasteiger partial charge is 0.152 e. The summed E-state index contributed by atoms with van der Waals surface area (Å²) in [6.45, 7) is 0. The molecular weight excluding hydrogens is 290 g/mol. The largest absolute Gasteiger partial charge is 0.381 e. The first-order valence-corrected chi connectivity index (χ1v) is 7.89. The van der Waals surface area contributed by atoms with Gasteiger partial charge in [-0.25, -0.2) is 8.42 Å². The molecule has 1 unspecified atom stereocenters. The zero-order valence-electron chi connectivity index (χ0n) is 8.82. The van der Waals surface area contributed by atoms with Crippen LogP contribution >= 0.6 is 15.9 Å². The summed E-state index contributed by atoms with van der Waals surface area (Å²) in [5.41, 5.74) is 0.969. The molecule has 0 aromatic heterocycles. The summed E-state index contributed by atoms with van der Waals surface area (Å²) in [7, 11) is -2.84. The van der Waals surface area contributed by atoms with E-state index in [2.05, 4.69) is 21.2 Å². The molecule has 1 heterocycles. The fourth-order valence-electron chi connectivity index (χ4n) is 1.95. The number of nitrogens with one attached hydrogen (secondary N) is 1. The van der Waals surface area contributed by atoms with Crippen molar-refractivity contribution in [2.45, 2.75) is 18.9 Å². The average molecular weight is 304 g/mol. The van der Waals surface area contributed by atoms with E-state index in [0.29, 0.717) is 5.75 Å². The van der Waals surface area contributed by atoms with Gasteiger partial charge in [-0.1, -0.05) is 22.0 Å². The molecule has 5 heteroatoms. The fraction of sp³-hybridized carbons (Fsp3) is 0.455. The predicted octanol–water partition coefficient (Wildman–Crippen LogP) is 2.44. The lowest BCUT2D eigenvalue weighted by atomic mass is 10.2. The van der Waals surface area contributed by atoms with Crippen LogP contribution in [0.2, 0.25) is 0 Å². The molecule has 0 aliphatic carbocycles. The zero-order chi connectivity index (χ0) is 11.6. The van der Waals surface area contributed by atoms with Crippen LogP contribution < -0.4 is 5.32 Å². The van der Waals surface area contributed by atoms with Gasteiger partial charge in [-0.3, -0.25) is 0 Å². The Morgan fingerprint density at radius 3 is 2.88 bits per heavy atom. The highest BCUT2D eigenvalue weighted by Crippen LogP contribution is 2.20. The van der Waals surface area contributed by atoms with Crippen LogP contribution in [0.15, 0.2) is 28.7 Å². The normalized spacial score (nSPS) is 23.9. The molecule has 1 fully saturated rings.